The molecule has 1 N–H and O–H groups in total. The molecule has 112 valence electrons. The highest BCUT2D eigenvalue weighted by molar-refractivity contribution is 7.84. The summed E-state index contributed by atoms with van der Waals surface area (Å²) >= 11 is 0. The molecule has 0 spiro atoms. The van der Waals surface area contributed by atoms with E-state index in [1.165, 1.54) is 18.2 Å². The molecule has 2 amide bonds. The van der Waals surface area contributed by atoms with E-state index in [0.717, 1.165) is 4.90 Å². The summed E-state index contributed by atoms with van der Waals surface area (Å²) < 4.78 is 11.1. The Balaban J connectivity index is 2.29. The van der Waals surface area contributed by atoms with Crippen LogP contribution in [0.1, 0.15) is 44.4 Å². The van der Waals surface area contributed by atoms with Gasteiger partial charge in [0, 0.05) is 28.9 Å². The van der Waals surface area contributed by atoms with Gasteiger partial charge in [0.25, 0.3) is 11.8 Å². The smallest absolute Gasteiger partial charge is 0.335 e. The van der Waals surface area contributed by atoms with Gasteiger partial charge in [-0.25, -0.2) is 4.79 Å². The van der Waals surface area contributed by atoms with Crippen molar-refractivity contribution in [1.82, 2.24) is 4.90 Å². The van der Waals surface area contributed by atoms with Crippen molar-refractivity contribution in [3.05, 3.63) is 34.9 Å². The second-order valence-electron chi connectivity index (χ2n) is 4.96. The summed E-state index contributed by atoms with van der Waals surface area (Å²) in [5.41, 5.74) is 0.304. The predicted molar refractivity (Wildman–Crippen MR) is 76.9 cm³/mol. The third-order valence-electron chi connectivity index (χ3n) is 3.43. The van der Waals surface area contributed by atoms with Crippen LogP contribution in [0, 0.1) is 0 Å². The Morgan fingerprint density at radius 1 is 1.29 bits per heavy atom. The van der Waals surface area contributed by atoms with E-state index in [1.54, 1.807) is 13.2 Å². The Hall–Kier alpha value is -2.02. The highest BCUT2D eigenvalue weighted by Gasteiger charge is 2.38. The SMILES string of the molecule is CC(CCS(C)=O)N1C(=O)c2ccc(C(=O)O)cc2C1=O. The predicted octanol–water partition coefficient (Wildman–Crippen LogP) is 1.14. The number of carbonyl (C=O) groups excluding carboxylic acids is 2. The minimum absolute atomic E-state index is 0.0286. The highest BCUT2D eigenvalue weighted by Crippen LogP contribution is 2.26. The molecular formula is C14H15NO5S. The molecule has 7 heteroatoms. The minimum atomic E-state index is -1.15. The molecule has 2 unspecified atom stereocenters. The lowest BCUT2D eigenvalue weighted by Gasteiger charge is -2.21. The molecule has 0 bridgehead atoms. The molecule has 1 aromatic rings. The normalized spacial score (nSPS) is 16.8. The van der Waals surface area contributed by atoms with Gasteiger partial charge in [-0.05, 0) is 31.5 Å². The molecule has 6 nitrogen and oxygen atoms in total. The fourth-order valence-corrected chi connectivity index (χ4v) is 2.93. The fourth-order valence-electron chi connectivity index (χ4n) is 2.26. The lowest BCUT2D eigenvalue weighted by molar-refractivity contribution is 0.0593. The molecule has 21 heavy (non-hydrogen) atoms. The summed E-state index contributed by atoms with van der Waals surface area (Å²) in [7, 11) is -0.996. The van der Waals surface area contributed by atoms with Crippen LogP contribution in [0.4, 0.5) is 0 Å². The maximum absolute atomic E-state index is 12.3. The fraction of sp³-hybridized carbons (Fsp3) is 0.357. The molecule has 1 heterocycles. The number of carbonyl (C=O) groups is 3. The molecule has 1 aliphatic heterocycles. The third kappa shape index (κ3) is 2.87. The van der Waals surface area contributed by atoms with Crippen LogP contribution in [0.5, 0.6) is 0 Å². The second-order valence-corrected chi connectivity index (χ2v) is 6.52. The average Bonchev–Trinajstić information content (AvgIpc) is 2.68. The first-order chi connectivity index (χ1) is 9.82. The summed E-state index contributed by atoms with van der Waals surface area (Å²) in [6.45, 7) is 1.71. The Kier molecular flexibility index (Phi) is 4.22. The van der Waals surface area contributed by atoms with E-state index < -0.39 is 28.6 Å². The van der Waals surface area contributed by atoms with Crippen molar-refractivity contribution in [3.8, 4) is 0 Å². The van der Waals surface area contributed by atoms with Gasteiger partial charge in [-0.3, -0.25) is 18.7 Å². The first-order valence-electron chi connectivity index (χ1n) is 6.38. The number of rotatable bonds is 5. The van der Waals surface area contributed by atoms with E-state index in [0.29, 0.717) is 12.2 Å². The van der Waals surface area contributed by atoms with E-state index in [4.69, 9.17) is 5.11 Å². The Labute approximate surface area is 124 Å². The zero-order valence-electron chi connectivity index (χ0n) is 11.7. The first kappa shape index (κ1) is 15.4. The van der Waals surface area contributed by atoms with Crippen LogP contribution in [0.2, 0.25) is 0 Å². The van der Waals surface area contributed by atoms with Gasteiger partial charge >= 0.3 is 5.97 Å². The lowest BCUT2D eigenvalue weighted by Crippen LogP contribution is -2.38. The van der Waals surface area contributed by atoms with Crippen molar-refractivity contribution >= 4 is 28.6 Å². The van der Waals surface area contributed by atoms with Gasteiger partial charge < -0.3 is 5.11 Å². The Bertz CT molecular complexity index is 655. The van der Waals surface area contributed by atoms with E-state index in [2.05, 4.69) is 0 Å². The number of hydrogen-bond acceptors (Lipinski definition) is 4. The summed E-state index contributed by atoms with van der Waals surface area (Å²) in [6, 6.07) is 3.52. The van der Waals surface area contributed by atoms with E-state index in [1.807, 2.05) is 0 Å². The monoisotopic (exact) mass is 309 g/mol. The quantitative estimate of drug-likeness (QED) is 0.823. The van der Waals surface area contributed by atoms with Crippen molar-refractivity contribution in [2.75, 3.05) is 12.0 Å². The number of carboxylic acids is 1. The zero-order valence-corrected chi connectivity index (χ0v) is 12.5. The molecule has 2 rings (SSSR count). The number of nitrogens with zero attached hydrogens (tertiary/aromatic N) is 1. The maximum atomic E-state index is 12.3. The summed E-state index contributed by atoms with van der Waals surface area (Å²) in [4.78, 5) is 36.6. The Morgan fingerprint density at radius 3 is 2.48 bits per heavy atom. The average molecular weight is 309 g/mol. The largest absolute Gasteiger partial charge is 0.478 e. The summed E-state index contributed by atoms with van der Waals surface area (Å²) in [5, 5.41) is 8.94. The highest BCUT2D eigenvalue weighted by atomic mass is 32.2. The molecule has 1 aromatic carbocycles. The molecule has 0 aromatic heterocycles. The van der Waals surface area contributed by atoms with E-state index >= 15 is 0 Å². The van der Waals surface area contributed by atoms with Gasteiger partial charge in [-0.15, -0.1) is 0 Å². The van der Waals surface area contributed by atoms with E-state index in [-0.39, 0.29) is 22.7 Å². The van der Waals surface area contributed by atoms with Crippen LogP contribution < -0.4 is 0 Å². The summed E-state index contributed by atoms with van der Waals surface area (Å²) in [5.74, 6) is -1.67. The van der Waals surface area contributed by atoms with Crippen LogP contribution in [0.3, 0.4) is 0 Å². The van der Waals surface area contributed by atoms with Crippen molar-refractivity contribution in [2.45, 2.75) is 19.4 Å². The first-order valence-corrected chi connectivity index (χ1v) is 8.11. The molecule has 1 aliphatic rings. The van der Waals surface area contributed by atoms with Crippen LogP contribution in [-0.2, 0) is 10.8 Å². The van der Waals surface area contributed by atoms with Crippen LogP contribution in [-0.4, -0.2) is 50.0 Å². The zero-order chi connectivity index (χ0) is 15.7. The molecule has 0 saturated carbocycles. The van der Waals surface area contributed by atoms with Gasteiger partial charge in [0.2, 0.25) is 0 Å². The molecule has 2 atom stereocenters. The number of fused-ring (bicyclic) bond motifs is 1. The number of benzene rings is 1. The standard InChI is InChI=1S/C14H15NO5S/c1-8(5-6-21(2)20)15-12(16)10-4-3-9(14(18)19)7-11(10)13(15)17/h3-4,7-8H,5-6H2,1-2H3,(H,18,19). The number of aromatic carboxylic acids is 1. The molecule has 0 radical (unpaired) electrons. The van der Waals surface area contributed by atoms with E-state index in [9.17, 15) is 18.6 Å². The maximum Gasteiger partial charge on any atom is 0.335 e. The van der Waals surface area contributed by atoms with Gasteiger partial charge in [0.1, 0.15) is 0 Å². The topological polar surface area (TPSA) is 91.8 Å². The number of carboxylic acid groups (broad SMARTS) is 1. The molecule has 0 aliphatic carbocycles. The molecule has 0 fully saturated rings. The van der Waals surface area contributed by atoms with Gasteiger partial charge in [0.05, 0.1) is 16.7 Å². The van der Waals surface area contributed by atoms with Crippen molar-refractivity contribution in [1.29, 1.82) is 0 Å². The Morgan fingerprint density at radius 2 is 1.90 bits per heavy atom. The molecular weight excluding hydrogens is 294 g/mol. The van der Waals surface area contributed by atoms with Crippen LogP contribution in [0.25, 0.3) is 0 Å². The number of hydrogen-bond donors (Lipinski definition) is 1. The van der Waals surface area contributed by atoms with Gasteiger partial charge in [-0.2, -0.15) is 0 Å². The number of amides is 2. The third-order valence-corrected chi connectivity index (χ3v) is 4.24. The second kappa shape index (κ2) is 5.77. The van der Waals surface area contributed by atoms with Gasteiger partial charge in [0.15, 0.2) is 0 Å². The minimum Gasteiger partial charge on any atom is -0.478 e. The number of imide groups is 1. The van der Waals surface area contributed by atoms with Crippen LogP contribution in [0.15, 0.2) is 18.2 Å². The van der Waals surface area contributed by atoms with Crippen LogP contribution >= 0.6 is 0 Å². The lowest BCUT2D eigenvalue weighted by atomic mass is 10.1. The van der Waals surface area contributed by atoms with Crippen molar-refractivity contribution in [2.24, 2.45) is 0 Å². The summed E-state index contributed by atoms with van der Waals surface area (Å²) in [6.07, 6.45) is 2.01. The van der Waals surface area contributed by atoms with Crippen molar-refractivity contribution < 1.29 is 23.7 Å². The van der Waals surface area contributed by atoms with Crippen molar-refractivity contribution in [3.63, 3.8) is 0 Å². The van der Waals surface area contributed by atoms with Gasteiger partial charge in [-0.1, -0.05) is 0 Å². The molecule has 0 saturated heterocycles.